The van der Waals surface area contributed by atoms with E-state index in [2.05, 4.69) is 59.6 Å². The summed E-state index contributed by atoms with van der Waals surface area (Å²) in [6.45, 7) is 7.07. The molecule has 2 amide bonds. The zero-order valence-electron chi connectivity index (χ0n) is 20.6. The number of fused-ring (bicyclic) bond motifs is 1. The minimum absolute atomic E-state index is 0.203. The molecule has 0 unspecified atom stereocenters. The number of nitriles is 1. The van der Waals surface area contributed by atoms with Crippen molar-refractivity contribution >= 4 is 78.5 Å². The van der Waals surface area contributed by atoms with Crippen LogP contribution in [0.4, 0.5) is 22.5 Å². The fraction of sp³-hybridized carbons (Fsp3) is 0.231. The molecule has 0 atom stereocenters. The number of carbonyl (C=O) groups is 2. The summed E-state index contributed by atoms with van der Waals surface area (Å²) in [5, 5.41) is 18.9. The first-order chi connectivity index (χ1) is 17.6. The zero-order valence-corrected chi connectivity index (χ0v) is 23.6. The summed E-state index contributed by atoms with van der Waals surface area (Å²) in [6, 6.07) is 13.4. The molecule has 0 aliphatic heterocycles. The molecule has 0 bridgehead atoms. The molecule has 3 N–H and O–H groups in total. The van der Waals surface area contributed by atoms with Crippen LogP contribution in [0.25, 0.3) is 10.3 Å². The van der Waals surface area contributed by atoms with Crippen molar-refractivity contribution in [2.24, 2.45) is 0 Å². The molecule has 37 heavy (non-hydrogen) atoms. The number of carbonyl (C=O) groups excluding carboxylic acids is 2. The van der Waals surface area contributed by atoms with Crippen LogP contribution in [0.5, 0.6) is 0 Å². The van der Waals surface area contributed by atoms with Crippen molar-refractivity contribution in [2.75, 3.05) is 16.0 Å². The van der Waals surface area contributed by atoms with Gasteiger partial charge in [-0.3, -0.25) is 9.59 Å². The summed E-state index contributed by atoms with van der Waals surface area (Å²) in [5.41, 5.74) is 4.40. The zero-order chi connectivity index (χ0) is 26.7. The third-order valence-electron chi connectivity index (χ3n) is 5.68. The van der Waals surface area contributed by atoms with Gasteiger partial charge in [0.05, 0.1) is 17.7 Å². The summed E-state index contributed by atoms with van der Waals surface area (Å²) in [7, 11) is 0. The number of hydrogen-bond acceptors (Lipinski definition) is 8. The first-order valence-corrected chi connectivity index (χ1v) is 13.6. The molecule has 9 nitrogen and oxygen atoms in total. The number of aromatic nitrogens is 3. The van der Waals surface area contributed by atoms with Gasteiger partial charge in [-0.15, -0.1) is 0 Å². The third kappa shape index (κ3) is 5.86. The number of thiazole rings is 1. The van der Waals surface area contributed by atoms with Gasteiger partial charge >= 0.3 is 0 Å². The fourth-order valence-electron chi connectivity index (χ4n) is 3.74. The molecule has 0 saturated heterocycles. The van der Waals surface area contributed by atoms with Crippen molar-refractivity contribution in [1.29, 1.82) is 5.26 Å². The Labute approximate surface area is 231 Å². The topological polar surface area (TPSA) is 133 Å². The predicted octanol–water partition coefficient (Wildman–Crippen LogP) is 6.09. The van der Waals surface area contributed by atoms with Crippen LogP contribution in [0.15, 0.2) is 42.6 Å². The van der Waals surface area contributed by atoms with Crippen LogP contribution >= 0.6 is 33.9 Å². The average Bonchev–Trinajstić information content (AvgIpc) is 3.26. The lowest BCUT2D eigenvalue weighted by atomic mass is 9.82. The first kappa shape index (κ1) is 26.4. The Balaban J connectivity index is 1.58. The van der Waals surface area contributed by atoms with Crippen LogP contribution in [0.1, 0.15) is 47.8 Å². The molecule has 2 aromatic carbocycles. The number of benzene rings is 2. The number of anilines is 4. The van der Waals surface area contributed by atoms with Crippen molar-refractivity contribution in [2.45, 2.75) is 37.5 Å². The van der Waals surface area contributed by atoms with Crippen molar-refractivity contribution in [3.8, 4) is 6.07 Å². The molecule has 4 aromatic rings. The van der Waals surface area contributed by atoms with E-state index >= 15 is 0 Å². The highest BCUT2D eigenvalue weighted by atomic mass is 127. The van der Waals surface area contributed by atoms with Crippen molar-refractivity contribution in [1.82, 2.24) is 15.0 Å². The van der Waals surface area contributed by atoms with Crippen LogP contribution in [0.2, 0.25) is 0 Å². The van der Waals surface area contributed by atoms with Crippen LogP contribution in [0, 0.1) is 18.3 Å². The molecule has 4 rings (SSSR count). The third-order valence-corrected chi connectivity index (χ3v) is 7.33. The molecule has 2 aromatic heterocycles. The number of amides is 2. The van der Waals surface area contributed by atoms with Crippen LogP contribution in [0.3, 0.4) is 0 Å². The summed E-state index contributed by atoms with van der Waals surface area (Å²) in [5.74, 6) is -0.0772. The highest BCUT2D eigenvalue weighted by Crippen LogP contribution is 2.31. The van der Waals surface area contributed by atoms with E-state index in [4.69, 9.17) is 0 Å². The van der Waals surface area contributed by atoms with E-state index in [1.165, 1.54) is 18.3 Å². The lowest BCUT2D eigenvalue weighted by molar-refractivity contribution is -0.114. The Bertz CT molecular complexity index is 1560. The van der Waals surface area contributed by atoms with E-state index < -0.39 is 5.41 Å². The van der Waals surface area contributed by atoms with E-state index in [-0.39, 0.29) is 11.8 Å². The van der Waals surface area contributed by atoms with E-state index in [0.29, 0.717) is 37.1 Å². The lowest BCUT2D eigenvalue weighted by Crippen LogP contribution is -2.21. The number of alkyl halides is 1. The Morgan fingerprint density at radius 2 is 1.95 bits per heavy atom. The second kappa shape index (κ2) is 10.8. The molecule has 0 saturated carbocycles. The Morgan fingerprint density at radius 3 is 2.65 bits per heavy atom. The quantitative estimate of drug-likeness (QED) is 0.167. The highest BCUT2D eigenvalue weighted by Gasteiger charge is 2.26. The number of nitrogens with one attached hydrogen (secondary N) is 3. The second-order valence-electron chi connectivity index (χ2n) is 8.90. The predicted molar refractivity (Wildman–Crippen MR) is 155 cm³/mol. The minimum atomic E-state index is -0.709. The summed E-state index contributed by atoms with van der Waals surface area (Å²) in [6.07, 6.45) is 1.59. The largest absolute Gasteiger partial charge is 0.324 e. The summed E-state index contributed by atoms with van der Waals surface area (Å²) >= 11 is 3.48. The number of rotatable bonds is 7. The maximum atomic E-state index is 13.3. The molecule has 2 heterocycles. The maximum absolute atomic E-state index is 13.3. The number of aryl methyl sites for hydroxylation is 1. The molecular formula is C26H24IN7O2S. The molecule has 0 aliphatic rings. The Kier molecular flexibility index (Phi) is 7.70. The molecule has 0 fully saturated rings. The van der Waals surface area contributed by atoms with Gasteiger partial charge in [0.1, 0.15) is 5.52 Å². The second-order valence-corrected chi connectivity index (χ2v) is 10.6. The number of halogens is 1. The summed E-state index contributed by atoms with van der Waals surface area (Å²) < 4.78 is 0.601. The average molecular weight is 625 g/mol. The van der Waals surface area contributed by atoms with Gasteiger partial charge in [0.15, 0.2) is 9.96 Å². The van der Waals surface area contributed by atoms with E-state index in [1.54, 1.807) is 12.3 Å². The van der Waals surface area contributed by atoms with Gasteiger partial charge in [-0.25, -0.2) is 9.97 Å². The van der Waals surface area contributed by atoms with Crippen LogP contribution in [-0.2, 0) is 14.6 Å². The smallest absolute Gasteiger partial charge is 0.255 e. The Hall–Kier alpha value is -3.63. The van der Waals surface area contributed by atoms with E-state index in [9.17, 15) is 14.9 Å². The van der Waals surface area contributed by atoms with Crippen LogP contribution < -0.4 is 16.0 Å². The molecule has 0 aliphatic carbocycles. The first-order valence-electron chi connectivity index (χ1n) is 11.3. The molecule has 0 spiro atoms. The van der Waals surface area contributed by atoms with Crippen molar-refractivity contribution in [3.63, 3.8) is 0 Å². The van der Waals surface area contributed by atoms with Crippen LogP contribution in [-0.4, -0.2) is 26.8 Å². The van der Waals surface area contributed by atoms with Gasteiger partial charge in [-0.1, -0.05) is 52.1 Å². The number of hydrogen-bond donors (Lipinski definition) is 3. The maximum Gasteiger partial charge on any atom is 0.255 e. The van der Waals surface area contributed by atoms with E-state index in [0.717, 1.165) is 22.4 Å². The van der Waals surface area contributed by atoms with Gasteiger partial charge in [0.2, 0.25) is 11.9 Å². The van der Waals surface area contributed by atoms with Gasteiger partial charge in [0.25, 0.3) is 5.91 Å². The van der Waals surface area contributed by atoms with Crippen molar-refractivity contribution in [3.05, 3.63) is 64.8 Å². The van der Waals surface area contributed by atoms with Gasteiger partial charge < -0.3 is 16.0 Å². The molecular weight excluding hydrogens is 601 g/mol. The van der Waals surface area contributed by atoms with E-state index in [1.807, 2.05) is 51.1 Å². The SMILES string of the molecule is CC(=O)Nc1nc2cnc(Nc3cc(NC(=O)c4cccc(C(C)(C)C#N)c4CI)ccc3C)nc2s1. The lowest BCUT2D eigenvalue weighted by Gasteiger charge is -2.21. The number of nitrogens with zero attached hydrogens (tertiary/aromatic N) is 4. The Morgan fingerprint density at radius 1 is 1.16 bits per heavy atom. The fourth-order valence-corrected chi connectivity index (χ4v) is 5.42. The normalized spacial score (nSPS) is 11.1. The van der Waals surface area contributed by atoms with Gasteiger partial charge in [-0.2, -0.15) is 10.2 Å². The molecule has 188 valence electrons. The summed E-state index contributed by atoms with van der Waals surface area (Å²) in [4.78, 5) is 38.3. The standard InChI is InChI=1S/C26H24IN7O2S/c1-14-8-9-16(31-22(36)17-6-5-7-19(18(17)11-27)26(3,4)13-28)10-20(14)32-24-29-12-21-23(34-24)37-25(33-21)30-15(2)35/h5-10,12H,11H2,1-4H3,(H,31,36)(H,29,32,34)(H,30,33,35). The minimum Gasteiger partial charge on any atom is -0.324 e. The van der Waals surface area contributed by atoms with Gasteiger partial charge in [0, 0.05) is 28.3 Å². The monoisotopic (exact) mass is 625 g/mol. The van der Waals surface area contributed by atoms with Crippen molar-refractivity contribution < 1.29 is 9.59 Å². The molecule has 11 heteroatoms. The highest BCUT2D eigenvalue weighted by molar-refractivity contribution is 14.1. The molecule has 0 radical (unpaired) electrons. The van der Waals surface area contributed by atoms with Gasteiger partial charge in [-0.05, 0) is 55.7 Å².